The molecule has 0 radical (unpaired) electrons. The number of aromatic nitrogens is 2. The van der Waals surface area contributed by atoms with Crippen LogP contribution in [0.15, 0.2) is 15.8 Å². The van der Waals surface area contributed by atoms with Gasteiger partial charge >= 0.3 is 29.2 Å². The molecule has 0 amide bonds. The molecule has 2 heterocycles. The lowest BCUT2D eigenvalue weighted by Crippen LogP contribution is -2.36. The Balaban J connectivity index is 2.14. The molecule has 20 heteroatoms. The van der Waals surface area contributed by atoms with Crippen LogP contribution in [-0.4, -0.2) is 64.3 Å². The molecule has 1 fully saturated rings. The number of H-pyrrole nitrogens is 1. The fourth-order valence-corrected chi connectivity index (χ4v) is 5.59. The minimum atomic E-state index is -5.76. The summed E-state index contributed by atoms with van der Waals surface area (Å²) in [6.07, 6.45) is -0.674. The number of phosphoric ester groups is 1. The van der Waals surface area contributed by atoms with Gasteiger partial charge in [-0.3, -0.25) is 18.9 Å². The quantitative estimate of drug-likeness (QED) is 0.132. The van der Waals surface area contributed by atoms with Crippen molar-refractivity contribution in [3.05, 3.63) is 32.6 Å². The van der Waals surface area contributed by atoms with E-state index < -0.39 is 65.7 Å². The Morgan fingerprint density at radius 2 is 1.72 bits per heavy atom. The Morgan fingerprint density at radius 3 is 2.28 bits per heavy atom. The monoisotopic (exact) mass is 522 g/mol. The first-order chi connectivity index (χ1) is 14.6. The molecule has 0 spiro atoms. The van der Waals surface area contributed by atoms with Gasteiger partial charge in [0.25, 0.3) is 5.56 Å². The Morgan fingerprint density at radius 1 is 1.09 bits per heavy atom. The summed E-state index contributed by atoms with van der Waals surface area (Å²) in [4.78, 5) is 61.2. The van der Waals surface area contributed by atoms with E-state index in [4.69, 9.17) is 25.8 Å². The second-order valence-electron chi connectivity index (χ2n) is 6.14. The number of nitrogens with one attached hydrogen (secondary N) is 1. The van der Waals surface area contributed by atoms with Gasteiger partial charge in [0.2, 0.25) is 0 Å². The molecule has 17 nitrogen and oxygen atoms in total. The summed E-state index contributed by atoms with van der Waals surface area (Å²) in [7, 11) is -16.9. The van der Waals surface area contributed by atoms with Crippen molar-refractivity contribution in [3.8, 4) is 12.3 Å². The highest BCUT2D eigenvalue weighted by Gasteiger charge is 2.47. The third-order valence-corrected chi connectivity index (χ3v) is 7.59. The fraction of sp³-hybridized carbons (Fsp3) is 0.500. The highest BCUT2D eigenvalue weighted by atomic mass is 31.3. The third-order valence-electron chi connectivity index (χ3n) is 3.79. The topological polar surface area (TPSA) is 264 Å². The zero-order valence-electron chi connectivity index (χ0n) is 15.5. The SMILES string of the molecule is C#CCn1cc([C@@H]2O[C@H](COP(=O)(O)OP(=O)(O)OP(=O)(O)O)C(O)C2O)c(=O)[nH]c1=O. The Kier molecular flexibility index (Phi) is 8.20. The first-order valence-electron chi connectivity index (χ1n) is 8.12. The number of rotatable bonds is 9. The molecule has 0 saturated carbocycles. The van der Waals surface area contributed by atoms with Crippen LogP contribution in [-0.2, 0) is 38.1 Å². The summed E-state index contributed by atoms with van der Waals surface area (Å²) in [5.41, 5.74) is -2.16. The van der Waals surface area contributed by atoms with Gasteiger partial charge < -0.3 is 34.5 Å². The highest BCUT2D eigenvalue weighted by molar-refractivity contribution is 7.66. The van der Waals surface area contributed by atoms with Gasteiger partial charge in [-0.2, -0.15) is 8.62 Å². The van der Waals surface area contributed by atoms with Crippen LogP contribution < -0.4 is 11.2 Å². The number of hydrogen-bond acceptors (Lipinski definition) is 11. The minimum Gasteiger partial charge on any atom is -0.387 e. The maximum Gasteiger partial charge on any atom is 0.490 e. The summed E-state index contributed by atoms with van der Waals surface area (Å²) >= 11 is 0. The molecule has 1 aromatic heterocycles. The molecule has 0 aromatic carbocycles. The van der Waals surface area contributed by atoms with Crippen LogP contribution in [0.3, 0.4) is 0 Å². The lowest BCUT2D eigenvalue weighted by molar-refractivity contribution is -0.0228. The average Bonchev–Trinajstić information content (AvgIpc) is 2.87. The van der Waals surface area contributed by atoms with Crippen LogP contribution >= 0.6 is 23.5 Å². The molecular formula is C12H17N2O15P3. The van der Waals surface area contributed by atoms with E-state index in [0.29, 0.717) is 0 Å². The van der Waals surface area contributed by atoms with Crippen molar-refractivity contribution in [2.75, 3.05) is 6.61 Å². The number of aliphatic hydroxyl groups excluding tert-OH is 2. The highest BCUT2D eigenvalue weighted by Crippen LogP contribution is 2.66. The van der Waals surface area contributed by atoms with Gasteiger partial charge in [-0.15, -0.1) is 6.42 Å². The summed E-state index contributed by atoms with van der Waals surface area (Å²) in [6.45, 7) is -1.32. The van der Waals surface area contributed by atoms with E-state index in [1.807, 2.05) is 4.98 Å². The lowest BCUT2D eigenvalue weighted by Gasteiger charge is -2.19. The number of aromatic amines is 1. The molecule has 180 valence electrons. The van der Waals surface area contributed by atoms with Gasteiger partial charge in [0, 0.05) is 6.20 Å². The summed E-state index contributed by atoms with van der Waals surface area (Å²) < 4.78 is 51.2. The molecule has 0 aliphatic carbocycles. The zero-order valence-corrected chi connectivity index (χ0v) is 18.2. The standard InChI is InChI=1S/C12H17N2O15P3/c1-2-3-14-4-6(11(17)13-12(14)18)10-9(16)8(15)7(27-10)5-26-31(22,23)29-32(24,25)28-30(19,20)21/h1,4,7-10,15-16H,3,5H2,(H,22,23)(H,24,25)(H,13,17,18)(H2,19,20,21)/t7-,8?,9?,10+/m1/s1. The molecule has 0 bridgehead atoms. The van der Waals surface area contributed by atoms with Crippen molar-refractivity contribution in [1.29, 1.82) is 0 Å². The van der Waals surface area contributed by atoms with Crippen molar-refractivity contribution in [2.45, 2.75) is 31.0 Å². The minimum absolute atomic E-state index is 0.247. The molecule has 7 N–H and O–H groups in total. The van der Waals surface area contributed by atoms with Gasteiger partial charge in [0.1, 0.15) is 24.4 Å². The number of hydrogen-bond donors (Lipinski definition) is 7. The van der Waals surface area contributed by atoms with Crippen LogP contribution in [0.1, 0.15) is 11.7 Å². The summed E-state index contributed by atoms with van der Waals surface area (Å²) in [5.74, 6) is 2.15. The van der Waals surface area contributed by atoms with E-state index in [0.717, 1.165) is 10.8 Å². The van der Waals surface area contributed by atoms with Crippen molar-refractivity contribution < 1.29 is 61.4 Å². The number of nitrogens with zero attached hydrogens (tertiary/aromatic N) is 1. The number of terminal acetylenes is 1. The van der Waals surface area contributed by atoms with Crippen molar-refractivity contribution in [3.63, 3.8) is 0 Å². The van der Waals surface area contributed by atoms with E-state index >= 15 is 0 Å². The van der Waals surface area contributed by atoms with Crippen molar-refractivity contribution in [2.24, 2.45) is 0 Å². The van der Waals surface area contributed by atoms with Crippen molar-refractivity contribution >= 4 is 23.5 Å². The van der Waals surface area contributed by atoms with Crippen LogP contribution in [0.4, 0.5) is 0 Å². The number of phosphoric acid groups is 3. The second kappa shape index (κ2) is 9.80. The van der Waals surface area contributed by atoms with Crippen LogP contribution in [0.25, 0.3) is 0 Å². The fourth-order valence-electron chi connectivity index (χ4n) is 2.56. The predicted molar refractivity (Wildman–Crippen MR) is 99.6 cm³/mol. The van der Waals surface area contributed by atoms with Crippen LogP contribution in [0.2, 0.25) is 0 Å². The van der Waals surface area contributed by atoms with Gasteiger partial charge in [-0.1, -0.05) is 5.92 Å². The van der Waals surface area contributed by atoms with E-state index in [-0.39, 0.29) is 12.1 Å². The summed E-state index contributed by atoms with van der Waals surface area (Å²) in [5, 5.41) is 20.3. The van der Waals surface area contributed by atoms with E-state index in [9.17, 15) is 38.4 Å². The second-order valence-corrected chi connectivity index (χ2v) is 10.6. The Bertz CT molecular complexity index is 1150. The Labute approximate surface area is 177 Å². The molecule has 6 atom stereocenters. The smallest absolute Gasteiger partial charge is 0.387 e. The van der Waals surface area contributed by atoms with Crippen LogP contribution in [0.5, 0.6) is 0 Å². The van der Waals surface area contributed by atoms with Gasteiger partial charge in [-0.05, 0) is 0 Å². The predicted octanol–water partition coefficient (Wildman–Crippen LogP) is -2.33. The first kappa shape index (κ1) is 26.8. The largest absolute Gasteiger partial charge is 0.490 e. The lowest BCUT2D eigenvalue weighted by atomic mass is 10.0. The van der Waals surface area contributed by atoms with Crippen LogP contribution in [0, 0.1) is 12.3 Å². The molecule has 2 rings (SSSR count). The first-order valence-corrected chi connectivity index (χ1v) is 12.6. The average molecular weight is 522 g/mol. The molecule has 32 heavy (non-hydrogen) atoms. The number of ether oxygens (including phenoxy) is 1. The van der Waals surface area contributed by atoms with Gasteiger partial charge in [-0.25, -0.2) is 18.5 Å². The maximum atomic E-state index is 12.1. The zero-order chi connectivity index (χ0) is 24.5. The van der Waals surface area contributed by atoms with Gasteiger partial charge in [0.15, 0.2) is 0 Å². The molecule has 4 unspecified atom stereocenters. The number of aliphatic hydroxyl groups is 2. The van der Waals surface area contributed by atoms with Gasteiger partial charge in [0.05, 0.1) is 18.7 Å². The third kappa shape index (κ3) is 7.01. The molecular weight excluding hydrogens is 505 g/mol. The molecule has 1 saturated heterocycles. The van der Waals surface area contributed by atoms with E-state index in [1.54, 1.807) is 0 Å². The van der Waals surface area contributed by atoms with E-state index in [1.165, 1.54) is 0 Å². The molecule has 1 aromatic rings. The summed E-state index contributed by atoms with van der Waals surface area (Å²) in [6, 6.07) is 0. The molecule has 1 aliphatic rings. The van der Waals surface area contributed by atoms with Crippen molar-refractivity contribution in [1.82, 2.24) is 9.55 Å². The molecule has 1 aliphatic heterocycles. The normalized spacial score (nSPS) is 27.4. The van der Waals surface area contributed by atoms with E-state index in [2.05, 4.69) is 19.1 Å². The Hall–Kier alpha value is -1.47. The maximum absolute atomic E-state index is 12.1.